The summed E-state index contributed by atoms with van der Waals surface area (Å²) in [5.41, 5.74) is 4.15. The Bertz CT molecular complexity index is 553. The van der Waals surface area contributed by atoms with Gasteiger partial charge in [0.05, 0.1) is 5.56 Å². The van der Waals surface area contributed by atoms with Gasteiger partial charge in [-0.1, -0.05) is 18.9 Å². The van der Waals surface area contributed by atoms with Gasteiger partial charge in [0.2, 0.25) is 5.91 Å². The molecule has 114 valence electrons. The van der Waals surface area contributed by atoms with E-state index in [1.54, 1.807) is 0 Å². The van der Waals surface area contributed by atoms with E-state index in [-0.39, 0.29) is 5.56 Å². The highest BCUT2D eigenvalue weighted by molar-refractivity contribution is 5.97. The highest BCUT2D eigenvalue weighted by Gasteiger charge is 2.32. The Balaban J connectivity index is 2.09. The third kappa shape index (κ3) is 4.21. The SMILES string of the molecule is NC(=O)[C@@H](CC1CC1)NC(=O)c1cccc(C(F)(F)F)c1. The fourth-order valence-electron chi connectivity index (χ4n) is 2.01. The maximum absolute atomic E-state index is 12.6. The van der Waals surface area contributed by atoms with Crippen molar-refractivity contribution in [3.05, 3.63) is 35.4 Å². The normalized spacial score (nSPS) is 16.3. The summed E-state index contributed by atoms with van der Waals surface area (Å²) in [5, 5.41) is 2.40. The molecule has 7 heteroatoms. The maximum Gasteiger partial charge on any atom is 0.416 e. The zero-order valence-corrected chi connectivity index (χ0v) is 11.1. The van der Waals surface area contributed by atoms with Gasteiger partial charge in [0.25, 0.3) is 5.91 Å². The molecule has 0 radical (unpaired) electrons. The van der Waals surface area contributed by atoms with Gasteiger partial charge in [-0.25, -0.2) is 0 Å². The molecule has 0 aromatic heterocycles. The minimum absolute atomic E-state index is 0.146. The molecule has 0 bridgehead atoms. The number of nitrogens with one attached hydrogen (secondary N) is 1. The summed E-state index contributed by atoms with van der Waals surface area (Å²) in [5.74, 6) is -1.06. The summed E-state index contributed by atoms with van der Waals surface area (Å²) in [7, 11) is 0. The average Bonchev–Trinajstić information content (AvgIpc) is 3.21. The molecule has 0 saturated heterocycles. The highest BCUT2D eigenvalue weighted by Crippen LogP contribution is 2.33. The summed E-state index contributed by atoms with van der Waals surface area (Å²) < 4.78 is 37.8. The third-order valence-electron chi connectivity index (χ3n) is 3.37. The third-order valence-corrected chi connectivity index (χ3v) is 3.37. The second-order valence-corrected chi connectivity index (χ2v) is 5.19. The van der Waals surface area contributed by atoms with Crippen molar-refractivity contribution in [1.29, 1.82) is 0 Å². The van der Waals surface area contributed by atoms with E-state index in [4.69, 9.17) is 5.73 Å². The molecule has 2 amide bonds. The van der Waals surface area contributed by atoms with E-state index in [2.05, 4.69) is 5.32 Å². The molecule has 3 N–H and O–H groups in total. The monoisotopic (exact) mass is 300 g/mol. The molecule has 0 heterocycles. The predicted octanol–water partition coefficient (Wildman–Crippen LogP) is 2.09. The molecule has 1 aromatic carbocycles. The lowest BCUT2D eigenvalue weighted by molar-refractivity contribution is -0.137. The zero-order chi connectivity index (χ0) is 15.6. The molecule has 1 atom stereocenters. The number of alkyl halides is 3. The van der Waals surface area contributed by atoms with Crippen LogP contribution in [0.1, 0.15) is 35.2 Å². The van der Waals surface area contributed by atoms with Gasteiger partial charge >= 0.3 is 6.18 Å². The summed E-state index contributed by atoms with van der Waals surface area (Å²) in [6.45, 7) is 0. The quantitative estimate of drug-likeness (QED) is 0.874. The first-order valence-corrected chi connectivity index (χ1v) is 6.55. The van der Waals surface area contributed by atoms with Crippen molar-refractivity contribution in [2.24, 2.45) is 11.7 Å². The van der Waals surface area contributed by atoms with E-state index < -0.39 is 29.6 Å². The molecule has 4 nitrogen and oxygen atoms in total. The Morgan fingerprint density at radius 3 is 2.52 bits per heavy atom. The smallest absolute Gasteiger partial charge is 0.368 e. The zero-order valence-electron chi connectivity index (χ0n) is 11.1. The second-order valence-electron chi connectivity index (χ2n) is 5.19. The number of halogens is 3. The van der Waals surface area contributed by atoms with Gasteiger partial charge < -0.3 is 11.1 Å². The van der Waals surface area contributed by atoms with Crippen LogP contribution in [0, 0.1) is 5.92 Å². The number of nitrogens with two attached hydrogens (primary N) is 1. The van der Waals surface area contributed by atoms with Crippen LogP contribution in [0.4, 0.5) is 13.2 Å². The Morgan fingerprint density at radius 2 is 2.00 bits per heavy atom. The molecule has 1 saturated carbocycles. The first-order chi connectivity index (χ1) is 9.77. The fourth-order valence-corrected chi connectivity index (χ4v) is 2.01. The van der Waals surface area contributed by atoms with Crippen molar-refractivity contribution in [3.8, 4) is 0 Å². The van der Waals surface area contributed by atoms with Crippen LogP contribution in [-0.4, -0.2) is 17.9 Å². The maximum atomic E-state index is 12.6. The van der Waals surface area contributed by atoms with Crippen LogP contribution < -0.4 is 11.1 Å². The number of hydrogen-bond acceptors (Lipinski definition) is 2. The summed E-state index contributed by atoms with van der Waals surface area (Å²) in [6.07, 6.45) is -2.14. The van der Waals surface area contributed by atoms with E-state index in [0.29, 0.717) is 12.3 Å². The number of rotatable bonds is 5. The first kappa shape index (κ1) is 15.3. The van der Waals surface area contributed by atoms with E-state index >= 15 is 0 Å². The fraction of sp³-hybridized carbons (Fsp3) is 0.429. The van der Waals surface area contributed by atoms with E-state index in [9.17, 15) is 22.8 Å². The van der Waals surface area contributed by atoms with Crippen LogP contribution in [-0.2, 0) is 11.0 Å². The Kier molecular flexibility index (Phi) is 4.20. The largest absolute Gasteiger partial charge is 0.416 e. The summed E-state index contributed by atoms with van der Waals surface area (Å²) in [4.78, 5) is 23.2. The Labute approximate surface area is 119 Å². The topological polar surface area (TPSA) is 72.2 Å². The van der Waals surface area contributed by atoms with Crippen molar-refractivity contribution in [1.82, 2.24) is 5.32 Å². The molecule has 1 aliphatic carbocycles. The minimum atomic E-state index is -4.52. The molecule has 21 heavy (non-hydrogen) atoms. The van der Waals surface area contributed by atoms with E-state index in [1.807, 2.05) is 0 Å². The van der Waals surface area contributed by atoms with Crippen LogP contribution in [0.2, 0.25) is 0 Å². The molecule has 0 aliphatic heterocycles. The van der Waals surface area contributed by atoms with Gasteiger partial charge in [-0.2, -0.15) is 13.2 Å². The predicted molar refractivity (Wildman–Crippen MR) is 69.2 cm³/mol. The molecule has 1 aliphatic rings. The van der Waals surface area contributed by atoms with Crippen molar-refractivity contribution in [2.75, 3.05) is 0 Å². The number of primary amides is 1. The van der Waals surface area contributed by atoms with E-state index in [1.165, 1.54) is 6.07 Å². The number of hydrogen-bond donors (Lipinski definition) is 2. The number of benzene rings is 1. The lowest BCUT2D eigenvalue weighted by Crippen LogP contribution is -2.44. The average molecular weight is 300 g/mol. The lowest BCUT2D eigenvalue weighted by atomic mass is 10.1. The second kappa shape index (κ2) is 5.75. The van der Waals surface area contributed by atoms with E-state index in [0.717, 1.165) is 31.0 Å². The molecular weight excluding hydrogens is 285 g/mol. The van der Waals surface area contributed by atoms with Crippen molar-refractivity contribution < 1.29 is 22.8 Å². The Morgan fingerprint density at radius 1 is 1.33 bits per heavy atom. The number of carbonyl (C=O) groups is 2. The van der Waals surface area contributed by atoms with Crippen LogP contribution in [0.15, 0.2) is 24.3 Å². The van der Waals surface area contributed by atoms with Crippen molar-refractivity contribution >= 4 is 11.8 Å². The molecule has 2 rings (SSSR count). The first-order valence-electron chi connectivity index (χ1n) is 6.55. The highest BCUT2D eigenvalue weighted by atomic mass is 19.4. The molecule has 0 unspecified atom stereocenters. The Hall–Kier alpha value is -2.05. The van der Waals surface area contributed by atoms with Crippen LogP contribution in [0.3, 0.4) is 0 Å². The van der Waals surface area contributed by atoms with Crippen LogP contribution >= 0.6 is 0 Å². The van der Waals surface area contributed by atoms with Gasteiger partial charge in [-0.05, 0) is 30.5 Å². The lowest BCUT2D eigenvalue weighted by Gasteiger charge is -2.15. The summed E-state index contributed by atoms with van der Waals surface area (Å²) >= 11 is 0. The standard InChI is InChI=1S/C14H15F3N2O2/c15-14(16,17)10-3-1-2-9(7-10)13(21)19-11(12(18)20)6-8-4-5-8/h1-3,7-8,11H,4-6H2,(H2,18,20)(H,19,21)/t11-/m1/s1. The van der Waals surface area contributed by atoms with Crippen molar-refractivity contribution in [3.63, 3.8) is 0 Å². The minimum Gasteiger partial charge on any atom is -0.368 e. The molecule has 1 fully saturated rings. The number of carbonyl (C=O) groups excluding carboxylic acids is 2. The van der Waals surface area contributed by atoms with Gasteiger partial charge in [-0.3, -0.25) is 9.59 Å². The molecule has 0 spiro atoms. The van der Waals surface area contributed by atoms with Gasteiger partial charge in [-0.15, -0.1) is 0 Å². The van der Waals surface area contributed by atoms with Gasteiger partial charge in [0, 0.05) is 5.56 Å². The van der Waals surface area contributed by atoms with Crippen LogP contribution in [0.5, 0.6) is 0 Å². The van der Waals surface area contributed by atoms with Gasteiger partial charge in [0.1, 0.15) is 6.04 Å². The molecular formula is C14H15F3N2O2. The number of amides is 2. The van der Waals surface area contributed by atoms with Gasteiger partial charge in [0.15, 0.2) is 0 Å². The summed E-state index contributed by atoms with van der Waals surface area (Å²) in [6, 6.07) is 3.20. The van der Waals surface area contributed by atoms with Crippen molar-refractivity contribution in [2.45, 2.75) is 31.5 Å². The van der Waals surface area contributed by atoms with Crippen LogP contribution in [0.25, 0.3) is 0 Å². The molecule has 1 aromatic rings.